The van der Waals surface area contributed by atoms with E-state index in [0.29, 0.717) is 44.4 Å². The van der Waals surface area contributed by atoms with Crippen molar-refractivity contribution in [3.63, 3.8) is 0 Å². The first kappa shape index (κ1) is 45.6. The molecule has 69 heavy (non-hydrogen) atoms. The minimum Gasteiger partial charge on any atom is -0.465 e. The lowest BCUT2D eigenvalue weighted by Crippen LogP contribution is -2.51. The van der Waals surface area contributed by atoms with Crippen LogP contribution in [0.15, 0.2) is 85.2 Å². The zero-order valence-electron chi connectivity index (χ0n) is 39.4. The monoisotopic (exact) mass is 937 g/mol. The van der Waals surface area contributed by atoms with Crippen molar-refractivity contribution >= 4 is 34.9 Å². The second kappa shape index (κ2) is 19.5. The zero-order valence-corrected chi connectivity index (χ0v) is 39.4. The maximum atomic E-state index is 14.2. The number of aromatic amines is 2. The summed E-state index contributed by atoms with van der Waals surface area (Å²) in [6.07, 6.45) is 7.30. The molecule has 0 spiro atoms. The van der Waals surface area contributed by atoms with Gasteiger partial charge < -0.3 is 53.9 Å². The summed E-state index contributed by atoms with van der Waals surface area (Å²) in [5.41, 5.74) is 7.44. The summed E-state index contributed by atoms with van der Waals surface area (Å²) >= 11 is 0. The number of carbonyl (C=O) groups is 4. The first-order chi connectivity index (χ1) is 33.6. The third-order valence-electron chi connectivity index (χ3n) is 14.2. The highest BCUT2D eigenvalue weighted by Gasteiger charge is 2.39. The molecule has 3 saturated heterocycles. The number of hydrogen-bond acceptors (Lipinski definition) is 10. The number of hydrogen-bond donors (Lipinski definition) is 4. The highest BCUT2D eigenvalue weighted by Crippen LogP contribution is 2.46. The van der Waals surface area contributed by atoms with E-state index in [0.717, 1.165) is 94.5 Å². The van der Waals surface area contributed by atoms with Crippen LogP contribution in [0, 0.1) is 11.8 Å². The minimum atomic E-state index is -0.721. The number of alkyl carbamates (subject to hydrolysis) is 2. The summed E-state index contributed by atoms with van der Waals surface area (Å²) in [4.78, 5) is 72.9. The second-order valence-corrected chi connectivity index (χ2v) is 18.8. The quantitative estimate of drug-likeness (QED) is 0.0927. The van der Waals surface area contributed by atoms with Gasteiger partial charge in [-0.25, -0.2) is 19.6 Å². The first-order valence-corrected chi connectivity index (χ1v) is 24.1. The summed E-state index contributed by atoms with van der Waals surface area (Å²) < 4.78 is 24.5. The number of H-pyrrole nitrogens is 2. The minimum absolute atomic E-state index is 0.124. The molecule has 17 nitrogen and oxygen atoms in total. The molecule has 4 N–H and O–H groups in total. The van der Waals surface area contributed by atoms with E-state index in [-0.39, 0.29) is 35.7 Å². The van der Waals surface area contributed by atoms with Gasteiger partial charge in [0.1, 0.15) is 29.5 Å². The predicted molar refractivity (Wildman–Crippen MR) is 257 cm³/mol. The molecule has 7 heterocycles. The number of nitrogens with zero attached hydrogens (tertiary/aromatic N) is 5. The first-order valence-electron chi connectivity index (χ1n) is 24.1. The number of methoxy groups -OCH3 is 2. The number of nitrogens with one attached hydrogen (secondary N) is 4. The van der Waals surface area contributed by atoms with E-state index in [1.807, 2.05) is 54.1 Å². The Morgan fingerprint density at radius 3 is 2.03 bits per heavy atom. The number of aromatic nitrogens is 5. The van der Waals surface area contributed by atoms with Gasteiger partial charge in [-0.15, -0.1) is 0 Å². The van der Waals surface area contributed by atoms with Crippen molar-refractivity contribution in [2.75, 3.05) is 40.5 Å². The number of carbonyl (C=O) groups excluding carboxylic acids is 4. The van der Waals surface area contributed by atoms with Crippen molar-refractivity contribution in [1.82, 2.24) is 44.9 Å². The highest BCUT2D eigenvalue weighted by molar-refractivity contribution is 5.93. The van der Waals surface area contributed by atoms with E-state index in [1.54, 1.807) is 6.20 Å². The molecule has 0 radical (unpaired) electrons. The Morgan fingerprint density at radius 1 is 0.754 bits per heavy atom. The van der Waals surface area contributed by atoms with Crippen LogP contribution in [0.3, 0.4) is 0 Å². The van der Waals surface area contributed by atoms with E-state index < -0.39 is 30.5 Å². The Balaban J connectivity index is 0.917. The topological polar surface area (TPSA) is 198 Å². The van der Waals surface area contributed by atoms with Gasteiger partial charge in [0.15, 0.2) is 0 Å². The molecule has 0 aliphatic carbocycles. The van der Waals surface area contributed by atoms with Crippen LogP contribution in [0.4, 0.5) is 9.59 Å². The maximum absolute atomic E-state index is 14.2. The molecule has 6 aromatic rings. The van der Waals surface area contributed by atoms with Crippen molar-refractivity contribution in [1.29, 1.82) is 0 Å². The smallest absolute Gasteiger partial charge is 0.407 e. The number of ether oxygens (including phenoxy) is 4. The van der Waals surface area contributed by atoms with Gasteiger partial charge in [-0.1, -0.05) is 56.3 Å². The molecule has 0 bridgehead atoms. The molecule has 3 aromatic heterocycles. The van der Waals surface area contributed by atoms with E-state index in [9.17, 15) is 19.2 Å². The summed E-state index contributed by atoms with van der Waals surface area (Å²) in [6, 6.07) is 23.0. The van der Waals surface area contributed by atoms with Crippen LogP contribution in [0.2, 0.25) is 0 Å². The fourth-order valence-electron chi connectivity index (χ4n) is 10.6. The van der Waals surface area contributed by atoms with Gasteiger partial charge in [0.2, 0.25) is 18.0 Å². The maximum Gasteiger partial charge on any atom is 0.407 e. The van der Waals surface area contributed by atoms with Gasteiger partial charge in [-0.05, 0) is 87.1 Å². The van der Waals surface area contributed by atoms with Crippen LogP contribution < -0.4 is 15.4 Å². The molecule has 0 saturated carbocycles. The normalized spacial score (nSPS) is 20.0. The zero-order chi connectivity index (χ0) is 47.8. The summed E-state index contributed by atoms with van der Waals surface area (Å²) in [5.74, 6) is 1.98. The average Bonchev–Trinajstić information content (AvgIpc) is 4.24. The molecular weight excluding hydrogens is 879 g/mol. The lowest BCUT2D eigenvalue weighted by atomic mass is 9.92. The third-order valence-corrected chi connectivity index (χ3v) is 14.2. The fraction of sp³-hybridized carbons (Fsp3) is 0.423. The number of fused-ring (bicyclic) bond motifs is 5. The molecule has 4 amide bonds. The summed E-state index contributed by atoms with van der Waals surface area (Å²) in [7, 11) is 2.60. The summed E-state index contributed by atoms with van der Waals surface area (Å²) in [6.45, 7) is 6.25. The lowest BCUT2D eigenvalue weighted by molar-refractivity contribution is -0.136. The Kier molecular flexibility index (Phi) is 12.9. The predicted octanol–water partition coefficient (Wildman–Crippen LogP) is 8.28. The van der Waals surface area contributed by atoms with E-state index in [1.165, 1.54) is 14.2 Å². The van der Waals surface area contributed by atoms with Gasteiger partial charge in [0.25, 0.3) is 0 Å². The number of likely N-dealkylation sites (tertiary alicyclic amines) is 2. The Hall–Kier alpha value is -7.14. The Labute approximate surface area is 400 Å². The number of rotatable bonds is 12. The molecule has 17 heteroatoms. The van der Waals surface area contributed by atoms with Crippen molar-refractivity contribution in [2.45, 2.75) is 89.2 Å². The number of benzene rings is 3. The van der Waals surface area contributed by atoms with Crippen LogP contribution in [-0.2, 0) is 23.8 Å². The van der Waals surface area contributed by atoms with Crippen molar-refractivity contribution < 1.29 is 38.1 Å². The molecule has 0 unspecified atom stereocenters. The highest BCUT2D eigenvalue weighted by atomic mass is 16.5. The van der Waals surface area contributed by atoms with E-state index >= 15 is 0 Å². The third kappa shape index (κ3) is 9.02. The Morgan fingerprint density at radius 2 is 1.38 bits per heavy atom. The number of imidazole rings is 2. The van der Waals surface area contributed by atoms with E-state index in [4.69, 9.17) is 28.9 Å². The second-order valence-electron chi connectivity index (χ2n) is 18.8. The molecule has 3 aromatic carbocycles. The van der Waals surface area contributed by atoms with Crippen molar-refractivity contribution in [3.05, 3.63) is 102 Å². The fourth-order valence-corrected chi connectivity index (χ4v) is 10.6. The van der Waals surface area contributed by atoms with Gasteiger partial charge in [0.05, 0.1) is 61.3 Å². The van der Waals surface area contributed by atoms with Crippen molar-refractivity contribution in [2.24, 2.45) is 11.8 Å². The van der Waals surface area contributed by atoms with Crippen LogP contribution >= 0.6 is 0 Å². The molecule has 3 fully saturated rings. The number of amides is 4. The van der Waals surface area contributed by atoms with Gasteiger partial charge in [-0.2, -0.15) is 0 Å². The molecule has 360 valence electrons. The molecular formula is C52H59N9O8. The van der Waals surface area contributed by atoms with Gasteiger partial charge in [0, 0.05) is 53.9 Å². The molecule has 4 aliphatic heterocycles. The largest absolute Gasteiger partial charge is 0.465 e. The SMILES string of the molecule is COC(=O)N[C@@H](CC1CCOCC1)C(=O)N1CCC[C@H]1c1ncc(-c2ccc3c(c2)cc2n3[C@H](c3ccccc3)Oc3cc(-c4cnc([C@@H]5CCCN5C(=O)[C@@H](NC(=O)OC)C(C)C)[nH]4)ccc3-2)[nH]1. The lowest BCUT2D eigenvalue weighted by Gasteiger charge is -2.31. The average molecular weight is 938 g/mol. The Bertz CT molecular complexity index is 2850. The van der Waals surface area contributed by atoms with E-state index in [2.05, 4.69) is 73.7 Å². The molecule has 10 rings (SSSR count). The van der Waals surface area contributed by atoms with Crippen LogP contribution in [0.25, 0.3) is 44.7 Å². The van der Waals surface area contributed by atoms with Crippen LogP contribution in [0.5, 0.6) is 5.75 Å². The molecule has 4 aliphatic rings. The van der Waals surface area contributed by atoms with Gasteiger partial charge in [-0.3, -0.25) is 9.59 Å². The summed E-state index contributed by atoms with van der Waals surface area (Å²) in [5, 5.41) is 6.57. The van der Waals surface area contributed by atoms with Crippen LogP contribution in [-0.4, -0.2) is 111 Å². The van der Waals surface area contributed by atoms with Crippen LogP contribution in [0.1, 0.15) is 94.3 Å². The van der Waals surface area contributed by atoms with Gasteiger partial charge >= 0.3 is 12.2 Å². The molecule has 5 atom stereocenters. The standard InChI is InChI=1S/C52H59N9O8/c1-30(2)45(58-52(65)67-4)49(63)60-21-9-13-42(60)47-54-29-39(56-47)34-14-16-36-43-26-35-25-33(15-17-40(35)61(43)50(69-44(36)27-34)32-10-6-5-7-11-32)38-28-53-46(55-38)41-12-8-20-59(41)48(62)37(57-51(64)66-3)24-31-18-22-68-23-19-31/h5-7,10-11,14-17,25-31,37,41-42,45,50H,8-9,12-13,18-24H2,1-4H3,(H,53,55)(H,54,56)(H,57,64)(H,58,65)/t37-,41-,42-,45-,50-/m0/s1. The van der Waals surface area contributed by atoms with Crippen molar-refractivity contribution in [3.8, 4) is 39.5 Å².